The highest BCUT2D eigenvalue weighted by Crippen LogP contribution is 2.20. The molecule has 0 saturated carbocycles. The summed E-state index contributed by atoms with van der Waals surface area (Å²) in [6.07, 6.45) is 0. The van der Waals surface area contributed by atoms with Gasteiger partial charge in [0.1, 0.15) is 5.82 Å². The first-order valence-corrected chi connectivity index (χ1v) is 8.44. The Labute approximate surface area is 130 Å². The molecule has 0 aromatic heterocycles. The first kappa shape index (κ1) is 16.9. The van der Waals surface area contributed by atoms with E-state index in [4.69, 9.17) is 0 Å². The molecular formula is C14H20FN3O3S. The summed E-state index contributed by atoms with van der Waals surface area (Å²) in [7, 11) is -0.355. The fourth-order valence-electron chi connectivity index (χ4n) is 2.49. The second-order valence-electron chi connectivity index (χ2n) is 5.39. The highest BCUT2D eigenvalue weighted by Gasteiger charge is 2.32. The maximum atomic E-state index is 13.0. The summed E-state index contributed by atoms with van der Waals surface area (Å²) in [6, 6.07) is 4.72. The van der Waals surface area contributed by atoms with Gasteiger partial charge in [0.05, 0.1) is 10.8 Å². The van der Waals surface area contributed by atoms with Gasteiger partial charge in [0.2, 0.25) is 15.9 Å². The van der Waals surface area contributed by atoms with E-state index in [9.17, 15) is 17.6 Å². The average molecular weight is 329 g/mol. The molecule has 1 fully saturated rings. The summed E-state index contributed by atoms with van der Waals surface area (Å²) in [4.78, 5) is 13.9. The van der Waals surface area contributed by atoms with Gasteiger partial charge in [-0.05, 0) is 31.3 Å². The van der Waals surface area contributed by atoms with Gasteiger partial charge in [-0.25, -0.2) is 12.8 Å². The molecule has 0 spiro atoms. The van der Waals surface area contributed by atoms with Crippen molar-refractivity contribution in [2.75, 3.05) is 40.3 Å². The summed E-state index contributed by atoms with van der Waals surface area (Å²) >= 11 is 0. The van der Waals surface area contributed by atoms with Crippen molar-refractivity contribution in [2.45, 2.75) is 4.90 Å². The largest absolute Gasteiger partial charge is 0.359 e. The van der Waals surface area contributed by atoms with Crippen LogP contribution in [-0.2, 0) is 14.8 Å². The predicted octanol–water partition coefficient (Wildman–Crippen LogP) is 0.124. The molecule has 1 aliphatic rings. The quantitative estimate of drug-likeness (QED) is 0.855. The monoisotopic (exact) mass is 329 g/mol. The lowest BCUT2D eigenvalue weighted by Gasteiger charge is -2.22. The van der Waals surface area contributed by atoms with E-state index in [1.807, 2.05) is 11.9 Å². The molecule has 22 heavy (non-hydrogen) atoms. The molecule has 6 nitrogen and oxygen atoms in total. The minimum absolute atomic E-state index is 0.0362. The van der Waals surface area contributed by atoms with Gasteiger partial charge < -0.3 is 10.2 Å². The maximum absolute atomic E-state index is 13.0. The molecule has 1 aromatic carbocycles. The molecule has 0 unspecified atom stereocenters. The van der Waals surface area contributed by atoms with Gasteiger partial charge in [0.15, 0.2) is 0 Å². The van der Waals surface area contributed by atoms with Gasteiger partial charge in [0, 0.05) is 33.2 Å². The van der Waals surface area contributed by atoms with Crippen LogP contribution in [0.4, 0.5) is 4.39 Å². The highest BCUT2D eigenvalue weighted by molar-refractivity contribution is 7.89. The summed E-state index contributed by atoms with van der Waals surface area (Å²) in [5.41, 5.74) is 0. The van der Waals surface area contributed by atoms with E-state index in [1.54, 1.807) is 0 Å². The maximum Gasteiger partial charge on any atom is 0.243 e. The lowest BCUT2D eigenvalue weighted by Crippen LogP contribution is -2.41. The number of carbonyl (C=O) groups excluding carboxylic acids is 1. The smallest absolute Gasteiger partial charge is 0.243 e. The van der Waals surface area contributed by atoms with E-state index in [0.29, 0.717) is 19.6 Å². The second kappa shape index (κ2) is 6.72. The first-order valence-electron chi connectivity index (χ1n) is 7.00. The van der Waals surface area contributed by atoms with Crippen LogP contribution in [-0.4, -0.2) is 63.8 Å². The van der Waals surface area contributed by atoms with Crippen molar-refractivity contribution < 1.29 is 17.6 Å². The Balaban J connectivity index is 2.28. The Hall–Kier alpha value is -1.51. The SMILES string of the molecule is CNC(=O)[C@@H]1CN(C)CCN(S(=O)(=O)c2ccc(F)cc2)C1. The lowest BCUT2D eigenvalue weighted by molar-refractivity contribution is -0.124. The zero-order chi connectivity index (χ0) is 16.3. The van der Waals surface area contributed by atoms with Crippen LogP contribution in [0.15, 0.2) is 29.2 Å². The van der Waals surface area contributed by atoms with Crippen LogP contribution in [0.3, 0.4) is 0 Å². The molecule has 1 N–H and O–H groups in total. The molecule has 0 radical (unpaired) electrons. The van der Waals surface area contributed by atoms with Crippen molar-refractivity contribution in [3.8, 4) is 0 Å². The molecule has 1 aliphatic heterocycles. The Morgan fingerprint density at radius 1 is 1.23 bits per heavy atom. The number of rotatable bonds is 3. The molecule has 0 aliphatic carbocycles. The summed E-state index contributed by atoms with van der Waals surface area (Å²) < 4.78 is 39.6. The number of carbonyl (C=O) groups is 1. The molecule has 8 heteroatoms. The number of nitrogens with one attached hydrogen (secondary N) is 1. The van der Waals surface area contributed by atoms with Crippen molar-refractivity contribution in [3.05, 3.63) is 30.1 Å². The molecule has 122 valence electrons. The Morgan fingerprint density at radius 3 is 2.45 bits per heavy atom. The van der Waals surface area contributed by atoms with E-state index < -0.39 is 21.8 Å². The topological polar surface area (TPSA) is 69.7 Å². The third-order valence-corrected chi connectivity index (χ3v) is 5.64. The summed E-state index contributed by atoms with van der Waals surface area (Å²) in [6.45, 7) is 1.44. The van der Waals surface area contributed by atoms with Crippen molar-refractivity contribution in [1.82, 2.24) is 14.5 Å². The van der Waals surface area contributed by atoms with Gasteiger partial charge >= 0.3 is 0 Å². The van der Waals surface area contributed by atoms with E-state index in [0.717, 1.165) is 12.1 Å². The molecule has 1 heterocycles. The molecule has 0 bridgehead atoms. The van der Waals surface area contributed by atoms with Crippen LogP contribution in [0, 0.1) is 11.7 Å². The van der Waals surface area contributed by atoms with Gasteiger partial charge in [-0.1, -0.05) is 0 Å². The highest BCUT2D eigenvalue weighted by atomic mass is 32.2. The van der Waals surface area contributed by atoms with E-state index in [1.165, 1.54) is 23.5 Å². The fourth-order valence-corrected chi connectivity index (χ4v) is 3.96. The van der Waals surface area contributed by atoms with E-state index in [2.05, 4.69) is 5.32 Å². The predicted molar refractivity (Wildman–Crippen MR) is 80.2 cm³/mol. The van der Waals surface area contributed by atoms with Crippen LogP contribution in [0.25, 0.3) is 0 Å². The van der Waals surface area contributed by atoms with E-state index in [-0.39, 0.29) is 17.3 Å². The van der Waals surface area contributed by atoms with Crippen molar-refractivity contribution in [2.24, 2.45) is 5.92 Å². The minimum Gasteiger partial charge on any atom is -0.359 e. The second-order valence-corrected chi connectivity index (χ2v) is 7.33. The Kier molecular flexibility index (Phi) is 5.15. The van der Waals surface area contributed by atoms with Gasteiger partial charge in [-0.15, -0.1) is 0 Å². The van der Waals surface area contributed by atoms with Crippen LogP contribution in [0.2, 0.25) is 0 Å². The normalized spacial score (nSPS) is 21.3. The van der Waals surface area contributed by atoms with Crippen LogP contribution in [0.1, 0.15) is 0 Å². The fraction of sp³-hybridized carbons (Fsp3) is 0.500. The Bertz CT molecular complexity index is 633. The van der Waals surface area contributed by atoms with Crippen LogP contribution < -0.4 is 5.32 Å². The third-order valence-electron chi connectivity index (χ3n) is 3.76. The number of amides is 1. The van der Waals surface area contributed by atoms with Crippen molar-refractivity contribution in [1.29, 1.82) is 0 Å². The van der Waals surface area contributed by atoms with Crippen LogP contribution >= 0.6 is 0 Å². The number of sulfonamides is 1. The number of benzene rings is 1. The van der Waals surface area contributed by atoms with Gasteiger partial charge in [-0.3, -0.25) is 4.79 Å². The molecule has 2 rings (SSSR count). The zero-order valence-electron chi connectivity index (χ0n) is 12.6. The van der Waals surface area contributed by atoms with Crippen LogP contribution in [0.5, 0.6) is 0 Å². The minimum atomic E-state index is -3.74. The molecular weight excluding hydrogens is 309 g/mol. The molecule has 1 atom stereocenters. The molecule has 1 saturated heterocycles. The number of halogens is 1. The van der Waals surface area contributed by atoms with Gasteiger partial charge in [0.25, 0.3) is 0 Å². The van der Waals surface area contributed by atoms with Gasteiger partial charge in [-0.2, -0.15) is 4.31 Å². The Morgan fingerprint density at radius 2 is 1.86 bits per heavy atom. The van der Waals surface area contributed by atoms with Crippen molar-refractivity contribution in [3.63, 3.8) is 0 Å². The third kappa shape index (κ3) is 3.63. The lowest BCUT2D eigenvalue weighted by atomic mass is 10.1. The number of hydrogen-bond acceptors (Lipinski definition) is 4. The average Bonchev–Trinajstić information content (AvgIpc) is 2.69. The summed E-state index contributed by atoms with van der Waals surface area (Å²) in [5, 5.41) is 2.57. The van der Waals surface area contributed by atoms with Crippen molar-refractivity contribution >= 4 is 15.9 Å². The summed E-state index contributed by atoms with van der Waals surface area (Å²) in [5.74, 6) is -1.11. The standard InChI is InChI=1S/C14H20FN3O3S/c1-16-14(19)11-9-17(2)7-8-18(10-11)22(20,21)13-5-3-12(15)4-6-13/h3-6,11H,7-10H2,1-2H3,(H,16,19)/t11-/m1/s1. The number of likely N-dealkylation sites (N-methyl/N-ethyl adjacent to an activating group) is 1. The number of hydrogen-bond donors (Lipinski definition) is 1. The number of nitrogens with zero attached hydrogens (tertiary/aromatic N) is 2. The van der Waals surface area contributed by atoms with E-state index >= 15 is 0 Å². The molecule has 1 amide bonds. The first-order chi connectivity index (χ1) is 10.3. The molecule has 1 aromatic rings. The zero-order valence-corrected chi connectivity index (χ0v) is 13.4.